The van der Waals surface area contributed by atoms with Gasteiger partial charge in [0.1, 0.15) is 11.5 Å². The number of morpholine rings is 1. The van der Waals surface area contributed by atoms with Gasteiger partial charge in [-0.2, -0.15) is 0 Å². The van der Waals surface area contributed by atoms with Crippen molar-refractivity contribution in [1.29, 1.82) is 0 Å². The molecule has 2 aromatic carbocycles. The summed E-state index contributed by atoms with van der Waals surface area (Å²) in [6.45, 7) is 2.56. The van der Waals surface area contributed by atoms with E-state index in [4.69, 9.17) is 20.8 Å². The van der Waals surface area contributed by atoms with Crippen LogP contribution in [0.5, 0.6) is 0 Å². The van der Waals surface area contributed by atoms with E-state index in [-0.39, 0.29) is 11.6 Å². The number of hydrogen-bond acceptors (Lipinski definition) is 6. The topological polar surface area (TPSA) is 97.8 Å². The van der Waals surface area contributed by atoms with Crippen molar-refractivity contribution in [2.45, 2.75) is 0 Å². The van der Waals surface area contributed by atoms with E-state index in [9.17, 15) is 14.9 Å². The lowest BCUT2D eigenvalue weighted by Crippen LogP contribution is -2.37. The molecule has 8 nitrogen and oxygen atoms in total. The Labute approximate surface area is 189 Å². The predicted octanol–water partition coefficient (Wildman–Crippen LogP) is 5.00. The molecule has 1 saturated heterocycles. The van der Waals surface area contributed by atoms with E-state index in [2.05, 4.69) is 10.2 Å². The highest BCUT2D eigenvalue weighted by atomic mass is 35.5. The van der Waals surface area contributed by atoms with Crippen molar-refractivity contribution >= 4 is 40.6 Å². The van der Waals surface area contributed by atoms with Crippen LogP contribution in [0.15, 0.2) is 65.1 Å². The van der Waals surface area contributed by atoms with Crippen LogP contribution in [0.4, 0.5) is 17.1 Å². The Morgan fingerprint density at radius 3 is 2.66 bits per heavy atom. The minimum Gasteiger partial charge on any atom is -0.456 e. The highest BCUT2D eigenvalue weighted by Crippen LogP contribution is 2.35. The molecule has 1 aromatic heterocycles. The van der Waals surface area contributed by atoms with Gasteiger partial charge in [-0.05, 0) is 36.4 Å². The largest absolute Gasteiger partial charge is 0.456 e. The quantitative estimate of drug-likeness (QED) is 0.320. The third-order valence-electron chi connectivity index (χ3n) is 4.96. The molecule has 1 N–H and O–H groups in total. The first kappa shape index (κ1) is 21.6. The van der Waals surface area contributed by atoms with E-state index in [0.717, 1.165) is 5.69 Å². The average molecular weight is 454 g/mol. The third kappa shape index (κ3) is 4.82. The summed E-state index contributed by atoms with van der Waals surface area (Å²) in [5, 5.41) is 14.6. The van der Waals surface area contributed by atoms with E-state index < -0.39 is 4.92 Å². The Balaban J connectivity index is 1.49. The number of nitrogens with zero attached hydrogens (tertiary/aromatic N) is 2. The summed E-state index contributed by atoms with van der Waals surface area (Å²) in [5.74, 6) is 0.389. The van der Waals surface area contributed by atoms with Crippen LogP contribution in [-0.4, -0.2) is 37.1 Å². The molecule has 1 aliphatic heterocycles. The zero-order valence-corrected chi connectivity index (χ0v) is 17.7. The Bertz CT molecular complexity index is 1170. The molecule has 4 rings (SSSR count). The standard InChI is InChI=1S/C23H20ClN3O5/c24-18-5-3-6-19(23(18)26-12-14-31-15-13-26)25-22(28)11-9-16-8-10-21(32-16)17-4-1-2-7-20(17)27(29)30/h1-11H,12-15H2,(H,25,28). The van der Waals surface area contributed by atoms with Gasteiger partial charge in [0.2, 0.25) is 5.91 Å². The zero-order valence-electron chi connectivity index (χ0n) is 17.0. The maximum absolute atomic E-state index is 12.5. The summed E-state index contributed by atoms with van der Waals surface area (Å²) in [4.78, 5) is 25.4. The van der Waals surface area contributed by atoms with Crippen molar-refractivity contribution in [3.05, 3.63) is 81.6 Å². The van der Waals surface area contributed by atoms with Gasteiger partial charge in [-0.15, -0.1) is 0 Å². The second kappa shape index (κ2) is 9.67. The molecule has 1 amide bonds. The molecule has 9 heteroatoms. The van der Waals surface area contributed by atoms with Gasteiger partial charge in [0.25, 0.3) is 5.69 Å². The monoisotopic (exact) mass is 453 g/mol. The van der Waals surface area contributed by atoms with Gasteiger partial charge in [0, 0.05) is 25.2 Å². The lowest BCUT2D eigenvalue weighted by molar-refractivity contribution is -0.384. The molecule has 3 aromatic rings. The van der Waals surface area contributed by atoms with E-state index in [0.29, 0.717) is 54.1 Å². The molecule has 2 heterocycles. The zero-order chi connectivity index (χ0) is 22.5. The summed E-state index contributed by atoms with van der Waals surface area (Å²) in [7, 11) is 0. The Morgan fingerprint density at radius 1 is 1.09 bits per heavy atom. The molecule has 0 saturated carbocycles. The molecule has 0 radical (unpaired) electrons. The number of carbonyl (C=O) groups excluding carboxylic acids is 1. The number of amides is 1. The molecule has 0 atom stereocenters. The highest BCUT2D eigenvalue weighted by Gasteiger charge is 2.19. The normalized spacial score (nSPS) is 14.0. The van der Waals surface area contributed by atoms with Crippen molar-refractivity contribution in [3.8, 4) is 11.3 Å². The number of nitrogens with one attached hydrogen (secondary N) is 1. The van der Waals surface area contributed by atoms with Gasteiger partial charge in [0.15, 0.2) is 0 Å². The Morgan fingerprint density at radius 2 is 1.88 bits per heavy atom. The molecule has 1 fully saturated rings. The minimum absolute atomic E-state index is 0.0493. The predicted molar refractivity (Wildman–Crippen MR) is 123 cm³/mol. The number of hydrogen-bond donors (Lipinski definition) is 1. The molecule has 32 heavy (non-hydrogen) atoms. The number of rotatable bonds is 6. The fourth-order valence-corrected chi connectivity index (χ4v) is 3.78. The summed E-state index contributed by atoms with van der Waals surface area (Å²) < 4.78 is 11.1. The number of benzene rings is 2. The van der Waals surface area contributed by atoms with Crippen molar-refractivity contribution in [2.24, 2.45) is 0 Å². The summed E-state index contributed by atoms with van der Waals surface area (Å²) in [6, 6.07) is 15.0. The van der Waals surface area contributed by atoms with Crippen LogP contribution in [-0.2, 0) is 9.53 Å². The van der Waals surface area contributed by atoms with Gasteiger partial charge in [-0.25, -0.2) is 0 Å². The number of ether oxygens (including phenoxy) is 1. The Kier molecular flexibility index (Phi) is 6.53. The van der Waals surface area contributed by atoms with Crippen LogP contribution in [0, 0.1) is 10.1 Å². The number of nitro groups is 1. The van der Waals surface area contributed by atoms with Crippen molar-refractivity contribution in [2.75, 3.05) is 36.5 Å². The fourth-order valence-electron chi connectivity index (χ4n) is 3.49. The number of furan rings is 1. The maximum atomic E-state index is 12.5. The summed E-state index contributed by atoms with van der Waals surface area (Å²) in [6.07, 6.45) is 2.85. The minimum atomic E-state index is -0.460. The second-order valence-corrected chi connectivity index (χ2v) is 7.44. The molecule has 0 aliphatic carbocycles. The van der Waals surface area contributed by atoms with Crippen molar-refractivity contribution in [3.63, 3.8) is 0 Å². The van der Waals surface area contributed by atoms with Crippen LogP contribution in [0.25, 0.3) is 17.4 Å². The number of carbonyl (C=O) groups is 1. The van der Waals surface area contributed by atoms with E-state index in [1.807, 2.05) is 0 Å². The lowest BCUT2D eigenvalue weighted by atomic mass is 10.1. The molecule has 164 valence electrons. The number of nitro benzene ring substituents is 1. The van der Waals surface area contributed by atoms with Crippen molar-refractivity contribution < 1.29 is 18.9 Å². The van der Waals surface area contributed by atoms with Gasteiger partial charge in [0.05, 0.1) is 40.1 Å². The SMILES string of the molecule is O=C(C=Cc1ccc(-c2ccccc2[N+](=O)[O-])o1)Nc1cccc(Cl)c1N1CCOCC1. The van der Waals surface area contributed by atoms with Crippen LogP contribution < -0.4 is 10.2 Å². The van der Waals surface area contributed by atoms with Crippen LogP contribution in [0.2, 0.25) is 5.02 Å². The van der Waals surface area contributed by atoms with Crippen molar-refractivity contribution in [1.82, 2.24) is 0 Å². The van der Waals surface area contributed by atoms with Gasteiger partial charge in [-0.3, -0.25) is 14.9 Å². The van der Waals surface area contributed by atoms with Gasteiger partial charge in [-0.1, -0.05) is 29.8 Å². The van der Waals surface area contributed by atoms with E-state index in [1.54, 1.807) is 48.5 Å². The molecule has 0 bridgehead atoms. The fraction of sp³-hybridized carbons (Fsp3) is 0.174. The highest BCUT2D eigenvalue weighted by molar-refractivity contribution is 6.34. The number of para-hydroxylation sites is 2. The number of anilines is 2. The first-order valence-corrected chi connectivity index (χ1v) is 10.3. The van der Waals surface area contributed by atoms with Crippen LogP contribution >= 0.6 is 11.6 Å². The maximum Gasteiger partial charge on any atom is 0.280 e. The Hall–Kier alpha value is -3.62. The molecule has 0 spiro atoms. The third-order valence-corrected chi connectivity index (χ3v) is 5.27. The summed E-state index contributed by atoms with van der Waals surface area (Å²) in [5.41, 5.74) is 1.69. The molecular weight excluding hydrogens is 434 g/mol. The lowest BCUT2D eigenvalue weighted by Gasteiger charge is -2.31. The van der Waals surface area contributed by atoms with Crippen LogP contribution in [0.3, 0.4) is 0 Å². The average Bonchev–Trinajstić information content (AvgIpc) is 3.27. The van der Waals surface area contributed by atoms with Gasteiger partial charge < -0.3 is 19.4 Å². The number of halogens is 1. The van der Waals surface area contributed by atoms with E-state index >= 15 is 0 Å². The second-order valence-electron chi connectivity index (χ2n) is 7.03. The smallest absolute Gasteiger partial charge is 0.280 e. The molecule has 1 aliphatic rings. The summed E-state index contributed by atoms with van der Waals surface area (Å²) >= 11 is 6.40. The van der Waals surface area contributed by atoms with Gasteiger partial charge >= 0.3 is 0 Å². The van der Waals surface area contributed by atoms with Crippen LogP contribution in [0.1, 0.15) is 5.76 Å². The molecule has 0 unspecified atom stereocenters. The molecular formula is C23H20ClN3O5. The van der Waals surface area contributed by atoms with E-state index in [1.165, 1.54) is 18.2 Å². The first-order valence-electron chi connectivity index (χ1n) is 9.97. The first-order chi connectivity index (χ1) is 15.5.